The quantitative estimate of drug-likeness (QED) is 0.622. The number of nitrogens with zero attached hydrogens (tertiary/aromatic N) is 2. The van der Waals surface area contributed by atoms with Crippen molar-refractivity contribution >= 4 is 38.8 Å². The molecule has 0 N–H and O–H groups in total. The number of carbonyl (C=O) groups is 1. The molecule has 3 rings (SSSR count). The summed E-state index contributed by atoms with van der Waals surface area (Å²) in [5.74, 6) is -0.342. The van der Waals surface area contributed by atoms with Gasteiger partial charge in [0.15, 0.2) is 0 Å². The second-order valence-corrected chi connectivity index (χ2v) is 8.16. The van der Waals surface area contributed by atoms with Crippen LogP contribution in [0.25, 0.3) is 10.2 Å². The molecule has 5 heteroatoms. The number of carbonyl (C=O) groups excluding carboxylic acids is 1. The summed E-state index contributed by atoms with van der Waals surface area (Å²) in [5, 5.41) is 2.87. The number of rotatable bonds is 5. The van der Waals surface area contributed by atoms with E-state index >= 15 is 0 Å². The summed E-state index contributed by atoms with van der Waals surface area (Å²) < 4.78 is 1.10. The molecule has 24 heavy (non-hydrogen) atoms. The van der Waals surface area contributed by atoms with Crippen molar-refractivity contribution in [1.82, 2.24) is 9.88 Å². The summed E-state index contributed by atoms with van der Waals surface area (Å²) >= 11 is 3.24. The van der Waals surface area contributed by atoms with Gasteiger partial charge in [0, 0.05) is 24.4 Å². The molecule has 0 aliphatic heterocycles. The van der Waals surface area contributed by atoms with Crippen LogP contribution in [0.4, 0.5) is 0 Å². The second kappa shape index (κ2) is 6.49. The monoisotopic (exact) mass is 356 g/mol. The topological polar surface area (TPSA) is 33.2 Å². The third kappa shape index (κ3) is 2.78. The van der Waals surface area contributed by atoms with E-state index in [0.717, 1.165) is 20.1 Å². The number of hydrogen-bond donors (Lipinski definition) is 0. The van der Waals surface area contributed by atoms with Gasteiger partial charge in [0.2, 0.25) is 5.91 Å². The Labute approximate surface area is 150 Å². The third-order valence-corrected chi connectivity index (χ3v) is 6.55. The molecule has 1 aromatic carbocycles. The number of para-hydroxylation sites is 1. The fourth-order valence-electron chi connectivity index (χ4n) is 2.84. The number of fused-ring (bicyclic) bond motifs is 1. The van der Waals surface area contributed by atoms with Crippen molar-refractivity contribution in [3.8, 4) is 0 Å². The maximum absolute atomic E-state index is 13.1. The lowest BCUT2D eigenvalue weighted by Gasteiger charge is -2.33. The van der Waals surface area contributed by atoms with Crippen molar-refractivity contribution in [2.24, 2.45) is 0 Å². The predicted molar refractivity (Wildman–Crippen MR) is 103 cm³/mol. The summed E-state index contributed by atoms with van der Waals surface area (Å²) in [6.07, 6.45) is 1.89. The molecule has 1 amide bonds. The lowest BCUT2D eigenvalue weighted by molar-refractivity contribution is -0.131. The first-order chi connectivity index (χ1) is 11.5. The highest BCUT2D eigenvalue weighted by Crippen LogP contribution is 2.44. The van der Waals surface area contributed by atoms with Crippen molar-refractivity contribution in [3.05, 3.63) is 64.3 Å². The van der Waals surface area contributed by atoms with Gasteiger partial charge in [-0.3, -0.25) is 4.79 Å². The summed E-state index contributed by atoms with van der Waals surface area (Å²) in [6.45, 7) is 6.12. The first-order valence-electron chi connectivity index (χ1n) is 7.71. The lowest BCUT2D eigenvalue weighted by Crippen LogP contribution is -2.39. The molecule has 0 saturated carbocycles. The number of aromatic nitrogens is 1. The van der Waals surface area contributed by atoms with Crippen LogP contribution in [0.3, 0.4) is 0 Å². The third-order valence-electron chi connectivity index (χ3n) is 4.32. The molecule has 0 radical (unpaired) electrons. The zero-order valence-electron chi connectivity index (χ0n) is 14.0. The lowest BCUT2D eigenvalue weighted by atomic mass is 9.75. The van der Waals surface area contributed by atoms with Gasteiger partial charge in [-0.25, -0.2) is 4.98 Å². The van der Waals surface area contributed by atoms with E-state index in [1.807, 2.05) is 41.8 Å². The molecule has 0 unspecified atom stereocenters. The van der Waals surface area contributed by atoms with Crippen LogP contribution in [-0.2, 0) is 10.2 Å². The predicted octanol–water partition coefficient (Wildman–Crippen LogP) is 4.67. The maximum atomic E-state index is 13.1. The van der Waals surface area contributed by atoms with E-state index in [1.54, 1.807) is 41.7 Å². The fraction of sp³-hybridized carbons (Fsp3) is 0.263. The largest absolute Gasteiger partial charge is 0.348 e. The van der Waals surface area contributed by atoms with Crippen LogP contribution >= 0.6 is 22.7 Å². The zero-order valence-corrected chi connectivity index (χ0v) is 15.7. The van der Waals surface area contributed by atoms with Gasteiger partial charge in [0.05, 0.1) is 10.2 Å². The molecule has 0 bridgehead atoms. The Hall–Kier alpha value is -1.98. The normalized spacial score (nSPS) is 15.0. The number of amides is 1. The summed E-state index contributed by atoms with van der Waals surface area (Å²) in [7, 11) is 3.58. The van der Waals surface area contributed by atoms with E-state index in [-0.39, 0.29) is 11.8 Å². The SMILES string of the molecule is C=C[C@@](C)(c1cccs1)[C@@H](C(=O)N(C)C)c1nc2ccccc2s1. The molecular weight excluding hydrogens is 336 g/mol. The van der Waals surface area contributed by atoms with E-state index in [1.165, 1.54) is 0 Å². The van der Waals surface area contributed by atoms with Gasteiger partial charge < -0.3 is 4.90 Å². The van der Waals surface area contributed by atoms with E-state index in [0.29, 0.717) is 0 Å². The van der Waals surface area contributed by atoms with E-state index in [4.69, 9.17) is 4.98 Å². The van der Waals surface area contributed by atoms with Crippen molar-refractivity contribution in [3.63, 3.8) is 0 Å². The molecule has 0 fully saturated rings. The number of hydrogen-bond acceptors (Lipinski definition) is 4. The molecule has 0 aliphatic carbocycles. The first-order valence-corrected chi connectivity index (χ1v) is 9.41. The van der Waals surface area contributed by atoms with Crippen molar-refractivity contribution in [1.29, 1.82) is 0 Å². The Bertz CT molecular complexity index is 834. The highest BCUT2D eigenvalue weighted by molar-refractivity contribution is 7.18. The maximum Gasteiger partial charge on any atom is 0.233 e. The van der Waals surface area contributed by atoms with Crippen LogP contribution in [-0.4, -0.2) is 29.9 Å². The zero-order chi connectivity index (χ0) is 17.3. The van der Waals surface area contributed by atoms with Crippen LogP contribution in [0.5, 0.6) is 0 Å². The van der Waals surface area contributed by atoms with Gasteiger partial charge >= 0.3 is 0 Å². The van der Waals surface area contributed by atoms with Crippen LogP contribution in [0, 0.1) is 0 Å². The molecule has 3 nitrogen and oxygen atoms in total. The van der Waals surface area contributed by atoms with E-state index < -0.39 is 5.41 Å². The average Bonchev–Trinajstić information content (AvgIpc) is 3.24. The Morgan fingerprint density at radius 3 is 2.62 bits per heavy atom. The molecule has 124 valence electrons. The van der Waals surface area contributed by atoms with Gasteiger partial charge in [0.1, 0.15) is 10.9 Å². The number of likely N-dealkylation sites (N-methyl/N-ethyl adjacent to an activating group) is 1. The minimum atomic E-state index is -0.497. The van der Waals surface area contributed by atoms with Crippen LogP contribution in [0.15, 0.2) is 54.4 Å². The standard InChI is InChI=1S/C19H20N2OS2/c1-5-19(2,15-11-8-12-23-15)16(18(22)21(3)4)17-20-13-9-6-7-10-14(13)24-17/h5-12,16H,1H2,2-4H3/t16-,19+/m1/s1. The number of allylic oxidation sites excluding steroid dienone is 1. The molecular formula is C19H20N2OS2. The Morgan fingerprint density at radius 2 is 2.04 bits per heavy atom. The van der Waals surface area contributed by atoms with E-state index in [2.05, 4.69) is 19.6 Å². The van der Waals surface area contributed by atoms with Crippen molar-refractivity contribution in [2.45, 2.75) is 18.3 Å². The highest BCUT2D eigenvalue weighted by Gasteiger charge is 2.43. The number of thiophene rings is 1. The Balaban J connectivity index is 2.19. The molecule has 0 aliphatic rings. The molecule has 0 saturated heterocycles. The molecule has 2 heterocycles. The minimum Gasteiger partial charge on any atom is -0.348 e. The fourth-order valence-corrected chi connectivity index (χ4v) is 4.95. The summed E-state index contributed by atoms with van der Waals surface area (Å²) in [6, 6.07) is 12.1. The van der Waals surface area contributed by atoms with E-state index in [9.17, 15) is 4.79 Å². The molecule has 2 atom stereocenters. The second-order valence-electron chi connectivity index (χ2n) is 6.15. The average molecular weight is 357 g/mol. The Morgan fingerprint density at radius 1 is 1.29 bits per heavy atom. The van der Waals surface area contributed by atoms with Gasteiger partial charge in [-0.1, -0.05) is 31.2 Å². The minimum absolute atomic E-state index is 0.0462. The van der Waals surface area contributed by atoms with Gasteiger partial charge in [0.25, 0.3) is 0 Å². The molecule has 2 aromatic heterocycles. The molecule has 0 spiro atoms. The Kier molecular flexibility index (Phi) is 4.56. The number of benzene rings is 1. The van der Waals surface area contributed by atoms with Crippen molar-refractivity contribution in [2.75, 3.05) is 14.1 Å². The molecule has 3 aromatic rings. The van der Waals surface area contributed by atoms with Crippen LogP contribution in [0.1, 0.15) is 22.7 Å². The smallest absolute Gasteiger partial charge is 0.233 e. The van der Waals surface area contributed by atoms with Crippen LogP contribution in [0.2, 0.25) is 0 Å². The van der Waals surface area contributed by atoms with Crippen molar-refractivity contribution < 1.29 is 4.79 Å². The van der Waals surface area contributed by atoms with Gasteiger partial charge in [-0.05, 0) is 23.6 Å². The van der Waals surface area contributed by atoms with Crippen LogP contribution < -0.4 is 0 Å². The highest BCUT2D eigenvalue weighted by atomic mass is 32.1. The first kappa shape index (κ1) is 16.9. The van der Waals surface area contributed by atoms with Gasteiger partial charge in [-0.15, -0.1) is 29.3 Å². The summed E-state index contributed by atoms with van der Waals surface area (Å²) in [5.41, 5.74) is 0.440. The number of thiazole rings is 1. The summed E-state index contributed by atoms with van der Waals surface area (Å²) in [4.78, 5) is 20.6. The van der Waals surface area contributed by atoms with Gasteiger partial charge in [-0.2, -0.15) is 0 Å².